The highest BCUT2D eigenvalue weighted by Crippen LogP contribution is 2.15. The Morgan fingerprint density at radius 2 is 2.00 bits per heavy atom. The average Bonchev–Trinajstić information content (AvgIpc) is 2.45. The molecule has 0 spiro atoms. The largest absolute Gasteiger partial charge is 0.355 e. The summed E-state index contributed by atoms with van der Waals surface area (Å²) in [5.41, 5.74) is 0.546. The Hall–Kier alpha value is -2.63. The molecule has 0 radical (unpaired) electrons. The van der Waals surface area contributed by atoms with Crippen molar-refractivity contribution in [2.24, 2.45) is 0 Å². The monoisotopic (exact) mass is 287 g/mol. The molecule has 0 atom stereocenters. The molecule has 0 aliphatic heterocycles. The Labute approximate surface area is 121 Å². The van der Waals surface area contributed by atoms with Gasteiger partial charge < -0.3 is 15.2 Å². The van der Waals surface area contributed by atoms with E-state index in [-0.39, 0.29) is 23.9 Å². The fourth-order valence-electron chi connectivity index (χ4n) is 2.13. The Kier molecular flexibility index (Phi) is 4.37. The van der Waals surface area contributed by atoms with Gasteiger partial charge in [0, 0.05) is 30.6 Å². The first kappa shape index (κ1) is 14.8. The van der Waals surface area contributed by atoms with Gasteiger partial charge in [-0.05, 0) is 13.0 Å². The molecule has 0 saturated heterocycles. The van der Waals surface area contributed by atoms with E-state index in [2.05, 4.69) is 10.3 Å². The van der Waals surface area contributed by atoms with Crippen LogP contribution in [0.4, 0.5) is 0 Å². The molecule has 6 nitrogen and oxygen atoms in total. The van der Waals surface area contributed by atoms with Crippen LogP contribution in [0.5, 0.6) is 0 Å². The number of para-hydroxylation sites is 1. The van der Waals surface area contributed by atoms with Crippen LogP contribution in [0.2, 0.25) is 0 Å². The highest BCUT2D eigenvalue weighted by molar-refractivity contribution is 6.06. The lowest BCUT2D eigenvalue weighted by Crippen LogP contribution is -2.38. The summed E-state index contributed by atoms with van der Waals surface area (Å²) in [5, 5.41) is 3.29. The van der Waals surface area contributed by atoms with E-state index in [1.165, 1.54) is 18.0 Å². The average molecular weight is 287 g/mol. The highest BCUT2D eigenvalue weighted by atomic mass is 16.2. The summed E-state index contributed by atoms with van der Waals surface area (Å²) < 4.78 is 0. The van der Waals surface area contributed by atoms with Gasteiger partial charge in [0.15, 0.2) is 0 Å². The van der Waals surface area contributed by atoms with Crippen molar-refractivity contribution in [2.45, 2.75) is 6.92 Å². The molecular weight excluding hydrogens is 270 g/mol. The van der Waals surface area contributed by atoms with Crippen molar-refractivity contribution in [1.29, 1.82) is 0 Å². The van der Waals surface area contributed by atoms with Crippen molar-refractivity contribution in [2.75, 3.05) is 20.1 Å². The zero-order chi connectivity index (χ0) is 15.4. The second-order valence-corrected chi connectivity index (χ2v) is 4.71. The summed E-state index contributed by atoms with van der Waals surface area (Å²) in [7, 11) is 1.54. The maximum absolute atomic E-state index is 12.4. The fraction of sp³-hybridized carbons (Fsp3) is 0.267. The number of benzene rings is 1. The van der Waals surface area contributed by atoms with Crippen LogP contribution in [0.1, 0.15) is 17.3 Å². The Morgan fingerprint density at radius 1 is 1.29 bits per heavy atom. The third-order valence-corrected chi connectivity index (χ3v) is 3.08. The number of likely N-dealkylation sites (N-methyl/N-ethyl adjacent to an activating group) is 2. The van der Waals surface area contributed by atoms with Crippen LogP contribution in [-0.2, 0) is 4.79 Å². The third-order valence-electron chi connectivity index (χ3n) is 3.08. The summed E-state index contributed by atoms with van der Waals surface area (Å²) >= 11 is 0. The number of carbonyl (C=O) groups is 2. The molecule has 6 heteroatoms. The van der Waals surface area contributed by atoms with E-state index < -0.39 is 0 Å². The maximum atomic E-state index is 12.4. The molecular formula is C15H17N3O3. The molecule has 2 aromatic rings. The van der Waals surface area contributed by atoms with Crippen LogP contribution in [0.25, 0.3) is 10.9 Å². The summed E-state index contributed by atoms with van der Waals surface area (Å²) in [4.78, 5) is 39.6. The lowest BCUT2D eigenvalue weighted by atomic mass is 10.1. The Balaban J connectivity index is 2.35. The molecule has 0 fully saturated rings. The molecule has 0 bridgehead atoms. The van der Waals surface area contributed by atoms with Crippen LogP contribution in [0, 0.1) is 0 Å². The van der Waals surface area contributed by atoms with E-state index in [9.17, 15) is 14.4 Å². The van der Waals surface area contributed by atoms with Crippen molar-refractivity contribution in [3.05, 3.63) is 46.2 Å². The van der Waals surface area contributed by atoms with Gasteiger partial charge in [-0.2, -0.15) is 0 Å². The van der Waals surface area contributed by atoms with Gasteiger partial charge in [0.25, 0.3) is 5.91 Å². The molecule has 110 valence electrons. The number of nitrogens with zero attached hydrogens (tertiary/aromatic N) is 1. The summed E-state index contributed by atoms with van der Waals surface area (Å²) in [5.74, 6) is -0.592. The van der Waals surface area contributed by atoms with Crippen molar-refractivity contribution < 1.29 is 9.59 Å². The van der Waals surface area contributed by atoms with E-state index in [0.29, 0.717) is 23.0 Å². The van der Waals surface area contributed by atoms with Crippen LogP contribution in [-0.4, -0.2) is 41.8 Å². The van der Waals surface area contributed by atoms with Crippen molar-refractivity contribution in [3.8, 4) is 0 Å². The number of H-pyrrole nitrogens is 1. The van der Waals surface area contributed by atoms with E-state index in [1.807, 2.05) is 6.92 Å². The number of aromatic amines is 1. The Morgan fingerprint density at radius 3 is 2.71 bits per heavy atom. The zero-order valence-electron chi connectivity index (χ0n) is 12.0. The highest BCUT2D eigenvalue weighted by Gasteiger charge is 2.17. The van der Waals surface area contributed by atoms with Crippen LogP contribution >= 0.6 is 0 Å². The van der Waals surface area contributed by atoms with Crippen LogP contribution < -0.4 is 10.9 Å². The molecule has 0 unspecified atom stereocenters. The standard InChI is InChI=1S/C15H17N3O3/c1-3-16-14(20)9-18(2)15(21)11-8-13(19)17-12-7-5-4-6-10(11)12/h4-8H,3,9H2,1-2H3,(H,16,20)(H,17,19). The topological polar surface area (TPSA) is 82.3 Å². The lowest BCUT2D eigenvalue weighted by Gasteiger charge is -2.17. The van der Waals surface area contributed by atoms with Gasteiger partial charge in [-0.25, -0.2) is 0 Å². The number of carbonyl (C=O) groups excluding carboxylic acids is 2. The molecule has 0 aliphatic rings. The number of hydrogen-bond acceptors (Lipinski definition) is 3. The molecule has 0 aliphatic carbocycles. The summed E-state index contributed by atoms with van der Waals surface area (Å²) in [6, 6.07) is 8.33. The first-order valence-electron chi connectivity index (χ1n) is 6.67. The number of nitrogens with one attached hydrogen (secondary N) is 2. The molecule has 2 amide bonds. The predicted molar refractivity (Wildman–Crippen MR) is 80.2 cm³/mol. The number of rotatable bonds is 4. The third kappa shape index (κ3) is 3.28. The second-order valence-electron chi connectivity index (χ2n) is 4.71. The minimum Gasteiger partial charge on any atom is -0.355 e. The van der Waals surface area contributed by atoms with E-state index >= 15 is 0 Å². The second kappa shape index (κ2) is 6.21. The van der Waals surface area contributed by atoms with Crippen molar-refractivity contribution in [3.63, 3.8) is 0 Å². The van der Waals surface area contributed by atoms with Gasteiger partial charge in [0.05, 0.1) is 12.1 Å². The van der Waals surface area contributed by atoms with Gasteiger partial charge in [-0.1, -0.05) is 18.2 Å². The van der Waals surface area contributed by atoms with Crippen LogP contribution in [0.15, 0.2) is 35.1 Å². The smallest absolute Gasteiger partial charge is 0.254 e. The molecule has 0 saturated carbocycles. The number of fused-ring (bicyclic) bond motifs is 1. The first-order valence-corrected chi connectivity index (χ1v) is 6.67. The maximum Gasteiger partial charge on any atom is 0.254 e. The Bertz CT molecular complexity index is 736. The predicted octanol–water partition coefficient (Wildman–Crippen LogP) is 0.736. The van der Waals surface area contributed by atoms with Crippen molar-refractivity contribution >= 4 is 22.7 Å². The van der Waals surface area contributed by atoms with Crippen LogP contribution in [0.3, 0.4) is 0 Å². The van der Waals surface area contributed by atoms with E-state index in [1.54, 1.807) is 24.3 Å². The number of amides is 2. The lowest BCUT2D eigenvalue weighted by molar-refractivity contribution is -0.121. The van der Waals surface area contributed by atoms with E-state index in [4.69, 9.17) is 0 Å². The number of aromatic nitrogens is 1. The molecule has 21 heavy (non-hydrogen) atoms. The number of hydrogen-bond donors (Lipinski definition) is 2. The van der Waals surface area contributed by atoms with E-state index in [0.717, 1.165) is 0 Å². The molecule has 2 N–H and O–H groups in total. The molecule has 1 aromatic heterocycles. The SMILES string of the molecule is CCNC(=O)CN(C)C(=O)c1cc(=O)[nH]c2ccccc12. The van der Waals surface area contributed by atoms with Gasteiger partial charge >= 0.3 is 0 Å². The minimum atomic E-state index is -0.358. The van der Waals surface area contributed by atoms with Gasteiger partial charge in [-0.15, -0.1) is 0 Å². The first-order chi connectivity index (χ1) is 10.0. The minimum absolute atomic E-state index is 0.0478. The zero-order valence-corrected chi connectivity index (χ0v) is 12.0. The molecule has 1 heterocycles. The van der Waals surface area contributed by atoms with Gasteiger partial charge in [0.1, 0.15) is 0 Å². The van der Waals surface area contributed by atoms with Gasteiger partial charge in [0.2, 0.25) is 11.5 Å². The quantitative estimate of drug-likeness (QED) is 0.870. The summed E-state index contributed by atoms with van der Waals surface area (Å²) in [6.45, 7) is 2.27. The summed E-state index contributed by atoms with van der Waals surface area (Å²) in [6.07, 6.45) is 0. The molecule has 1 aromatic carbocycles. The fourth-order valence-corrected chi connectivity index (χ4v) is 2.13. The molecule has 2 rings (SSSR count). The number of pyridine rings is 1. The van der Waals surface area contributed by atoms with Gasteiger partial charge in [-0.3, -0.25) is 14.4 Å². The normalized spacial score (nSPS) is 10.4. The van der Waals surface area contributed by atoms with Crippen molar-refractivity contribution in [1.82, 2.24) is 15.2 Å².